The second-order valence-corrected chi connectivity index (χ2v) is 3.53. The van der Waals surface area contributed by atoms with Gasteiger partial charge >= 0.3 is 5.97 Å². The number of esters is 1. The highest BCUT2D eigenvalue weighted by molar-refractivity contribution is 5.91. The van der Waals surface area contributed by atoms with Crippen LogP contribution >= 0.6 is 0 Å². The van der Waals surface area contributed by atoms with Gasteiger partial charge in [0.2, 0.25) is 0 Å². The molecule has 82 valence electrons. The van der Waals surface area contributed by atoms with E-state index in [2.05, 4.69) is 5.16 Å². The van der Waals surface area contributed by atoms with Crippen LogP contribution in [0.2, 0.25) is 0 Å². The van der Waals surface area contributed by atoms with Crippen molar-refractivity contribution in [2.75, 3.05) is 0 Å². The van der Waals surface area contributed by atoms with Crippen molar-refractivity contribution in [1.82, 2.24) is 5.16 Å². The molecule has 4 heteroatoms. The van der Waals surface area contributed by atoms with Crippen LogP contribution < -0.4 is 4.74 Å². The average molecular weight is 217 g/mol. The molecule has 2 rings (SSSR count). The molecule has 0 aliphatic rings. The van der Waals surface area contributed by atoms with Gasteiger partial charge in [0.25, 0.3) is 5.88 Å². The van der Waals surface area contributed by atoms with E-state index in [-0.39, 0.29) is 5.88 Å². The van der Waals surface area contributed by atoms with Gasteiger partial charge in [-0.15, -0.1) is 0 Å². The summed E-state index contributed by atoms with van der Waals surface area (Å²) in [6.07, 6.45) is 0. The number of carbonyl (C=O) groups is 1. The number of aromatic nitrogens is 1. The van der Waals surface area contributed by atoms with Crippen LogP contribution in [0.4, 0.5) is 0 Å². The standard InChI is InChI=1S/C12H11NO3/c1-8-4-3-5-10(6-8)12(14)15-11-7-9(2)16-13-11/h3-7H,1-2H3. The minimum absolute atomic E-state index is 0.184. The molecule has 0 amide bonds. The number of rotatable bonds is 2. The van der Waals surface area contributed by atoms with Crippen LogP contribution in [0.5, 0.6) is 5.88 Å². The van der Waals surface area contributed by atoms with Crippen molar-refractivity contribution >= 4 is 5.97 Å². The van der Waals surface area contributed by atoms with Crippen molar-refractivity contribution in [3.8, 4) is 5.88 Å². The number of aryl methyl sites for hydroxylation is 2. The van der Waals surface area contributed by atoms with E-state index in [1.54, 1.807) is 31.2 Å². The summed E-state index contributed by atoms with van der Waals surface area (Å²) in [4.78, 5) is 11.7. The Kier molecular flexibility index (Phi) is 2.72. The first kappa shape index (κ1) is 10.4. The largest absolute Gasteiger partial charge is 0.400 e. The number of carbonyl (C=O) groups excluding carboxylic acids is 1. The first-order valence-electron chi connectivity index (χ1n) is 4.87. The summed E-state index contributed by atoms with van der Waals surface area (Å²) in [5.41, 5.74) is 1.51. The number of ether oxygens (including phenoxy) is 1. The molecular weight excluding hydrogens is 206 g/mol. The molecular formula is C12H11NO3. The van der Waals surface area contributed by atoms with Crippen LogP contribution in [0.1, 0.15) is 21.7 Å². The van der Waals surface area contributed by atoms with Gasteiger partial charge < -0.3 is 9.26 Å². The summed E-state index contributed by atoms with van der Waals surface area (Å²) in [5.74, 6) is 0.355. The molecule has 0 fully saturated rings. The summed E-state index contributed by atoms with van der Waals surface area (Å²) in [7, 11) is 0. The van der Waals surface area contributed by atoms with Crippen molar-refractivity contribution in [1.29, 1.82) is 0 Å². The molecule has 0 unspecified atom stereocenters. The minimum atomic E-state index is -0.433. The van der Waals surface area contributed by atoms with E-state index in [0.717, 1.165) is 5.56 Å². The Morgan fingerprint density at radius 2 is 2.12 bits per heavy atom. The summed E-state index contributed by atoms with van der Waals surface area (Å²) in [6, 6.07) is 8.74. The monoisotopic (exact) mass is 217 g/mol. The molecule has 1 aromatic carbocycles. The predicted octanol–water partition coefficient (Wildman–Crippen LogP) is 2.51. The lowest BCUT2D eigenvalue weighted by atomic mass is 10.1. The van der Waals surface area contributed by atoms with Crippen LogP contribution in [-0.4, -0.2) is 11.1 Å². The summed E-state index contributed by atoms with van der Waals surface area (Å²) in [5, 5.41) is 3.59. The van der Waals surface area contributed by atoms with Gasteiger partial charge in [0.1, 0.15) is 5.76 Å². The Labute approximate surface area is 92.8 Å². The molecule has 0 N–H and O–H groups in total. The van der Waals surface area contributed by atoms with Gasteiger partial charge in [-0.25, -0.2) is 4.79 Å². The van der Waals surface area contributed by atoms with E-state index >= 15 is 0 Å². The molecule has 0 bridgehead atoms. The summed E-state index contributed by atoms with van der Waals surface area (Å²) < 4.78 is 9.83. The number of benzene rings is 1. The lowest BCUT2D eigenvalue weighted by molar-refractivity contribution is 0.0720. The SMILES string of the molecule is Cc1cccc(C(=O)Oc2cc(C)on2)c1. The molecule has 1 aromatic heterocycles. The molecule has 0 radical (unpaired) electrons. The zero-order chi connectivity index (χ0) is 11.5. The predicted molar refractivity (Wildman–Crippen MR) is 57.4 cm³/mol. The van der Waals surface area contributed by atoms with Gasteiger partial charge in [-0.05, 0) is 31.1 Å². The van der Waals surface area contributed by atoms with Crippen LogP contribution in [-0.2, 0) is 0 Å². The molecule has 0 saturated carbocycles. The highest BCUT2D eigenvalue weighted by Crippen LogP contribution is 2.13. The third-order valence-electron chi connectivity index (χ3n) is 2.06. The van der Waals surface area contributed by atoms with Gasteiger partial charge in [0.15, 0.2) is 0 Å². The maximum Gasteiger partial charge on any atom is 0.344 e. The van der Waals surface area contributed by atoms with Crippen LogP contribution in [0.15, 0.2) is 34.9 Å². The normalized spacial score (nSPS) is 10.1. The molecule has 0 spiro atoms. The smallest absolute Gasteiger partial charge is 0.344 e. The number of hydrogen-bond donors (Lipinski definition) is 0. The van der Waals surface area contributed by atoms with Crippen molar-refractivity contribution in [2.45, 2.75) is 13.8 Å². The van der Waals surface area contributed by atoms with Crippen LogP contribution in [0, 0.1) is 13.8 Å². The first-order chi connectivity index (χ1) is 7.65. The Balaban J connectivity index is 2.14. The number of nitrogens with zero attached hydrogens (tertiary/aromatic N) is 1. The van der Waals surface area contributed by atoms with Crippen molar-refractivity contribution in [3.05, 3.63) is 47.2 Å². The molecule has 0 saturated heterocycles. The fourth-order valence-electron chi connectivity index (χ4n) is 1.32. The van der Waals surface area contributed by atoms with E-state index < -0.39 is 5.97 Å². The van der Waals surface area contributed by atoms with Gasteiger partial charge in [0.05, 0.1) is 5.56 Å². The molecule has 16 heavy (non-hydrogen) atoms. The molecule has 0 aliphatic carbocycles. The van der Waals surface area contributed by atoms with Gasteiger partial charge in [-0.1, -0.05) is 17.7 Å². The van der Waals surface area contributed by atoms with Gasteiger partial charge in [-0.3, -0.25) is 0 Å². The van der Waals surface area contributed by atoms with E-state index in [1.807, 2.05) is 13.0 Å². The van der Waals surface area contributed by atoms with Crippen molar-refractivity contribution in [2.24, 2.45) is 0 Å². The van der Waals surface area contributed by atoms with Crippen molar-refractivity contribution < 1.29 is 14.1 Å². The molecule has 4 nitrogen and oxygen atoms in total. The summed E-state index contributed by atoms with van der Waals surface area (Å²) >= 11 is 0. The highest BCUT2D eigenvalue weighted by Gasteiger charge is 2.10. The van der Waals surface area contributed by atoms with Gasteiger partial charge in [0, 0.05) is 6.07 Å². The zero-order valence-corrected chi connectivity index (χ0v) is 9.06. The Morgan fingerprint density at radius 1 is 1.31 bits per heavy atom. The first-order valence-corrected chi connectivity index (χ1v) is 4.87. The molecule has 0 aliphatic heterocycles. The molecule has 0 atom stereocenters. The highest BCUT2D eigenvalue weighted by atomic mass is 16.6. The fourth-order valence-corrected chi connectivity index (χ4v) is 1.32. The Hall–Kier alpha value is -2.10. The van der Waals surface area contributed by atoms with Crippen molar-refractivity contribution in [3.63, 3.8) is 0 Å². The van der Waals surface area contributed by atoms with Crippen LogP contribution in [0.25, 0.3) is 0 Å². The molecule has 1 heterocycles. The third-order valence-corrected chi connectivity index (χ3v) is 2.06. The maximum absolute atomic E-state index is 11.7. The van der Waals surface area contributed by atoms with Gasteiger partial charge in [-0.2, -0.15) is 0 Å². The van der Waals surface area contributed by atoms with E-state index in [4.69, 9.17) is 9.26 Å². The topological polar surface area (TPSA) is 52.3 Å². The third kappa shape index (κ3) is 2.28. The number of hydrogen-bond acceptors (Lipinski definition) is 4. The Morgan fingerprint density at radius 3 is 2.75 bits per heavy atom. The average Bonchev–Trinajstić information content (AvgIpc) is 2.64. The molecule has 2 aromatic rings. The van der Waals surface area contributed by atoms with E-state index in [1.165, 1.54) is 0 Å². The second-order valence-electron chi connectivity index (χ2n) is 3.53. The zero-order valence-electron chi connectivity index (χ0n) is 9.06. The lowest BCUT2D eigenvalue weighted by Crippen LogP contribution is -2.08. The second kappa shape index (κ2) is 4.18. The minimum Gasteiger partial charge on any atom is -0.400 e. The lowest BCUT2D eigenvalue weighted by Gasteiger charge is -2.00. The fraction of sp³-hybridized carbons (Fsp3) is 0.167. The van der Waals surface area contributed by atoms with E-state index in [9.17, 15) is 4.79 Å². The van der Waals surface area contributed by atoms with Crippen LogP contribution in [0.3, 0.4) is 0 Å². The summed E-state index contributed by atoms with van der Waals surface area (Å²) in [6.45, 7) is 3.65. The maximum atomic E-state index is 11.7. The van der Waals surface area contributed by atoms with E-state index in [0.29, 0.717) is 11.3 Å². The quantitative estimate of drug-likeness (QED) is 0.725. The Bertz CT molecular complexity index is 516.